The standard InChI is InChI=1S/C20H31N3O2/c1-14-8-5-6-11-17(14)21-18(24)12-23(4)13-19(25)22-20-15(2)9-7-10-16(20)3/h7,9-10,14,17H,5-6,8,11-13H2,1-4H3,(H,21,24)(H,22,25)/t14-,17-/m0/s1. The molecule has 2 amide bonds. The number of carbonyl (C=O) groups excluding carboxylic acids is 2. The summed E-state index contributed by atoms with van der Waals surface area (Å²) in [4.78, 5) is 26.3. The molecular formula is C20H31N3O2. The molecule has 1 saturated carbocycles. The van der Waals surface area contributed by atoms with Crippen molar-refractivity contribution >= 4 is 17.5 Å². The van der Waals surface area contributed by atoms with Gasteiger partial charge in [0.2, 0.25) is 11.8 Å². The normalized spacial score (nSPS) is 20.4. The largest absolute Gasteiger partial charge is 0.352 e. The Morgan fingerprint density at radius 2 is 1.68 bits per heavy atom. The van der Waals surface area contributed by atoms with E-state index in [4.69, 9.17) is 0 Å². The number of aryl methyl sites for hydroxylation is 2. The number of hydrogen-bond donors (Lipinski definition) is 2. The van der Waals surface area contributed by atoms with Crippen LogP contribution < -0.4 is 10.6 Å². The quantitative estimate of drug-likeness (QED) is 0.833. The van der Waals surface area contributed by atoms with Crippen LogP contribution in [0.2, 0.25) is 0 Å². The van der Waals surface area contributed by atoms with Gasteiger partial charge in [0.25, 0.3) is 0 Å². The number of likely N-dealkylation sites (N-methyl/N-ethyl adjacent to an activating group) is 1. The van der Waals surface area contributed by atoms with Crippen molar-refractivity contribution in [2.75, 3.05) is 25.5 Å². The first-order valence-electron chi connectivity index (χ1n) is 9.20. The van der Waals surface area contributed by atoms with E-state index in [0.717, 1.165) is 23.2 Å². The van der Waals surface area contributed by atoms with Gasteiger partial charge in [-0.1, -0.05) is 38.0 Å². The molecule has 2 rings (SSSR count). The number of rotatable bonds is 6. The lowest BCUT2D eigenvalue weighted by molar-refractivity contribution is -0.124. The fourth-order valence-corrected chi connectivity index (χ4v) is 3.52. The Bertz CT molecular complexity index is 595. The molecule has 0 saturated heterocycles. The summed E-state index contributed by atoms with van der Waals surface area (Å²) in [6.07, 6.45) is 4.68. The van der Waals surface area contributed by atoms with E-state index in [0.29, 0.717) is 5.92 Å². The number of para-hydroxylation sites is 1. The highest BCUT2D eigenvalue weighted by Gasteiger charge is 2.23. The molecule has 0 spiro atoms. The maximum Gasteiger partial charge on any atom is 0.238 e. The summed E-state index contributed by atoms with van der Waals surface area (Å²) in [6.45, 7) is 6.59. The third-order valence-electron chi connectivity index (χ3n) is 5.03. The Morgan fingerprint density at radius 3 is 2.32 bits per heavy atom. The van der Waals surface area contributed by atoms with Crippen molar-refractivity contribution in [1.29, 1.82) is 0 Å². The zero-order valence-electron chi connectivity index (χ0n) is 15.9. The van der Waals surface area contributed by atoms with Crippen molar-refractivity contribution in [2.24, 2.45) is 5.92 Å². The van der Waals surface area contributed by atoms with Gasteiger partial charge >= 0.3 is 0 Å². The Morgan fingerprint density at radius 1 is 1.08 bits per heavy atom. The van der Waals surface area contributed by atoms with Gasteiger partial charge in [-0.2, -0.15) is 0 Å². The van der Waals surface area contributed by atoms with Gasteiger partial charge in [-0.25, -0.2) is 0 Å². The number of nitrogens with zero attached hydrogens (tertiary/aromatic N) is 1. The number of carbonyl (C=O) groups is 2. The summed E-state index contributed by atoms with van der Waals surface area (Å²) in [7, 11) is 1.80. The summed E-state index contributed by atoms with van der Waals surface area (Å²) in [5.41, 5.74) is 2.95. The first kappa shape index (κ1) is 19.4. The molecule has 0 aromatic heterocycles. The first-order valence-corrected chi connectivity index (χ1v) is 9.20. The average Bonchev–Trinajstić information content (AvgIpc) is 2.53. The second kappa shape index (κ2) is 8.99. The molecule has 5 heteroatoms. The monoisotopic (exact) mass is 345 g/mol. The molecule has 1 aromatic carbocycles. The summed E-state index contributed by atoms with van der Waals surface area (Å²) in [5, 5.41) is 6.09. The minimum atomic E-state index is -0.0984. The molecule has 1 aromatic rings. The van der Waals surface area contributed by atoms with Crippen LogP contribution in [0.4, 0.5) is 5.69 Å². The van der Waals surface area contributed by atoms with Crippen LogP contribution in [-0.2, 0) is 9.59 Å². The van der Waals surface area contributed by atoms with Gasteiger partial charge in [0.1, 0.15) is 0 Å². The highest BCUT2D eigenvalue weighted by Crippen LogP contribution is 2.23. The Balaban J connectivity index is 1.80. The molecule has 2 N–H and O–H groups in total. The number of hydrogen-bond acceptors (Lipinski definition) is 3. The fourth-order valence-electron chi connectivity index (χ4n) is 3.52. The molecule has 0 heterocycles. The van der Waals surface area contributed by atoms with Crippen LogP contribution in [0.25, 0.3) is 0 Å². The molecule has 0 radical (unpaired) electrons. The predicted octanol–water partition coefficient (Wildman–Crippen LogP) is 2.87. The van der Waals surface area contributed by atoms with Crippen molar-refractivity contribution in [1.82, 2.24) is 10.2 Å². The van der Waals surface area contributed by atoms with Crippen molar-refractivity contribution in [3.63, 3.8) is 0 Å². The molecule has 0 bridgehead atoms. The molecule has 0 aliphatic heterocycles. The Labute approximate surface area is 151 Å². The first-order chi connectivity index (χ1) is 11.9. The zero-order chi connectivity index (χ0) is 18.4. The smallest absolute Gasteiger partial charge is 0.238 e. The molecule has 0 unspecified atom stereocenters. The number of amides is 2. The summed E-state index contributed by atoms with van der Waals surface area (Å²) < 4.78 is 0. The molecule has 2 atom stereocenters. The summed E-state index contributed by atoms with van der Waals surface area (Å²) >= 11 is 0. The summed E-state index contributed by atoms with van der Waals surface area (Å²) in [6, 6.07) is 6.21. The minimum Gasteiger partial charge on any atom is -0.352 e. The van der Waals surface area contributed by atoms with E-state index < -0.39 is 0 Å². The molecule has 25 heavy (non-hydrogen) atoms. The second-order valence-corrected chi connectivity index (χ2v) is 7.42. The van der Waals surface area contributed by atoms with Gasteiger partial charge in [0.15, 0.2) is 0 Å². The van der Waals surface area contributed by atoms with Crippen molar-refractivity contribution in [3.8, 4) is 0 Å². The lowest BCUT2D eigenvalue weighted by atomic mass is 9.86. The van der Waals surface area contributed by atoms with Gasteiger partial charge < -0.3 is 10.6 Å². The van der Waals surface area contributed by atoms with Crippen molar-refractivity contribution < 1.29 is 9.59 Å². The number of benzene rings is 1. The highest BCUT2D eigenvalue weighted by molar-refractivity contribution is 5.94. The van der Waals surface area contributed by atoms with Crippen LogP contribution in [0, 0.1) is 19.8 Å². The van der Waals surface area contributed by atoms with E-state index in [-0.39, 0.29) is 30.9 Å². The third-order valence-corrected chi connectivity index (χ3v) is 5.03. The van der Waals surface area contributed by atoms with Crippen LogP contribution in [0.1, 0.15) is 43.7 Å². The lowest BCUT2D eigenvalue weighted by Crippen LogP contribution is -2.46. The Hall–Kier alpha value is -1.88. The van der Waals surface area contributed by atoms with Crippen LogP contribution in [0.3, 0.4) is 0 Å². The summed E-state index contributed by atoms with van der Waals surface area (Å²) in [5.74, 6) is 0.440. The Kier molecular flexibility index (Phi) is 7.00. The van der Waals surface area contributed by atoms with Crippen LogP contribution >= 0.6 is 0 Å². The third kappa shape index (κ3) is 5.85. The molecule has 1 aliphatic carbocycles. The van der Waals surface area contributed by atoms with E-state index in [2.05, 4.69) is 17.6 Å². The predicted molar refractivity (Wildman–Crippen MR) is 102 cm³/mol. The second-order valence-electron chi connectivity index (χ2n) is 7.42. The fraction of sp³-hybridized carbons (Fsp3) is 0.600. The van der Waals surface area contributed by atoms with E-state index in [9.17, 15) is 9.59 Å². The maximum atomic E-state index is 12.3. The van der Waals surface area contributed by atoms with Gasteiger partial charge in [0.05, 0.1) is 13.1 Å². The molecular weight excluding hydrogens is 314 g/mol. The number of nitrogens with one attached hydrogen (secondary N) is 2. The van der Waals surface area contributed by atoms with E-state index in [1.807, 2.05) is 32.0 Å². The molecule has 1 fully saturated rings. The number of anilines is 1. The average molecular weight is 345 g/mol. The van der Waals surface area contributed by atoms with Gasteiger partial charge in [-0.05, 0) is 50.8 Å². The lowest BCUT2D eigenvalue weighted by Gasteiger charge is -2.30. The minimum absolute atomic E-state index is 0.00104. The van der Waals surface area contributed by atoms with Gasteiger partial charge in [0, 0.05) is 11.7 Å². The van der Waals surface area contributed by atoms with Gasteiger partial charge in [-0.15, -0.1) is 0 Å². The maximum absolute atomic E-state index is 12.3. The van der Waals surface area contributed by atoms with E-state index >= 15 is 0 Å². The van der Waals surface area contributed by atoms with Crippen LogP contribution in [0.5, 0.6) is 0 Å². The van der Waals surface area contributed by atoms with Gasteiger partial charge in [-0.3, -0.25) is 14.5 Å². The van der Waals surface area contributed by atoms with Crippen LogP contribution in [0.15, 0.2) is 18.2 Å². The molecule has 5 nitrogen and oxygen atoms in total. The van der Waals surface area contributed by atoms with E-state index in [1.165, 1.54) is 19.3 Å². The SMILES string of the molecule is Cc1cccc(C)c1NC(=O)CN(C)CC(=O)N[C@H]1CCCC[C@@H]1C. The highest BCUT2D eigenvalue weighted by atomic mass is 16.2. The van der Waals surface area contributed by atoms with Crippen LogP contribution in [-0.4, -0.2) is 42.9 Å². The van der Waals surface area contributed by atoms with Crippen molar-refractivity contribution in [3.05, 3.63) is 29.3 Å². The zero-order valence-corrected chi connectivity index (χ0v) is 15.9. The topological polar surface area (TPSA) is 61.4 Å². The molecule has 138 valence electrons. The molecule has 1 aliphatic rings. The van der Waals surface area contributed by atoms with E-state index in [1.54, 1.807) is 11.9 Å². The van der Waals surface area contributed by atoms with Crippen molar-refractivity contribution in [2.45, 2.75) is 52.5 Å².